The molecule has 2 heterocycles. The molecule has 7 heteroatoms. The smallest absolute Gasteiger partial charge is 0.261 e. The zero-order valence-electron chi connectivity index (χ0n) is 16.4. The summed E-state index contributed by atoms with van der Waals surface area (Å²) in [6, 6.07) is 11.6. The molecule has 1 aliphatic heterocycles. The average molecular weight is 412 g/mol. The Morgan fingerprint density at radius 3 is 2.77 bits per heavy atom. The molecule has 0 saturated carbocycles. The average Bonchev–Trinajstić information content (AvgIpc) is 3.21. The van der Waals surface area contributed by atoms with Gasteiger partial charge >= 0.3 is 0 Å². The number of halogens is 2. The molecular formula is C23H22F2N2O3. The van der Waals surface area contributed by atoms with E-state index in [9.17, 15) is 13.6 Å². The van der Waals surface area contributed by atoms with Crippen LogP contribution in [0.4, 0.5) is 8.78 Å². The predicted molar refractivity (Wildman–Crippen MR) is 106 cm³/mol. The monoisotopic (exact) mass is 412 g/mol. The molecule has 3 aromatic rings. The Labute approximate surface area is 173 Å². The normalized spacial score (nSPS) is 16.5. The van der Waals surface area contributed by atoms with Crippen LogP contribution in [0.3, 0.4) is 0 Å². The van der Waals surface area contributed by atoms with Crippen LogP contribution in [0.2, 0.25) is 0 Å². The maximum Gasteiger partial charge on any atom is 0.261 e. The van der Waals surface area contributed by atoms with Crippen molar-refractivity contribution in [1.82, 2.24) is 9.88 Å². The van der Waals surface area contributed by atoms with Crippen LogP contribution >= 0.6 is 0 Å². The third-order valence-corrected chi connectivity index (χ3v) is 5.12. The molecule has 0 spiro atoms. The highest BCUT2D eigenvalue weighted by Gasteiger charge is 2.31. The molecule has 1 fully saturated rings. The zero-order chi connectivity index (χ0) is 20.9. The molecular weight excluding hydrogens is 390 g/mol. The number of amides is 1. The number of rotatable bonds is 6. The third kappa shape index (κ3) is 4.84. The number of hydrogen-bond acceptors (Lipinski definition) is 4. The first kappa shape index (κ1) is 20.1. The minimum absolute atomic E-state index is 0.140. The second-order valence-corrected chi connectivity index (χ2v) is 7.31. The summed E-state index contributed by atoms with van der Waals surface area (Å²) in [6.45, 7) is 0.455. The standard InChI is InChI=1S/C23H22F2N2O3/c24-17-7-9-19(10-8-17)29-15-22(28)27-11-2-1-6-21(27)23-26-14-20(30-23)13-16-4-3-5-18(25)12-16/h3-5,7-10,12,14,21H,1-2,6,11,13,15H2/t21-/m1/s1. The lowest BCUT2D eigenvalue weighted by molar-refractivity contribution is -0.137. The summed E-state index contributed by atoms with van der Waals surface area (Å²) < 4.78 is 37.8. The fourth-order valence-corrected chi connectivity index (χ4v) is 3.65. The molecule has 0 N–H and O–H groups in total. The maximum atomic E-state index is 13.4. The van der Waals surface area contributed by atoms with E-state index in [2.05, 4.69) is 4.98 Å². The van der Waals surface area contributed by atoms with Gasteiger partial charge in [0.25, 0.3) is 5.91 Å². The molecule has 4 rings (SSSR count). The number of carbonyl (C=O) groups excluding carboxylic acids is 1. The number of piperidine rings is 1. The van der Waals surface area contributed by atoms with Gasteiger partial charge in [-0.3, -0.25) is 4.79 Å². The summed E-state index contributed by atoms with van der Waals surface area (Å²) in [5, 5.41) is 0. The first-order valence-electron chi connectivity index (χ1n) is 9.95. The Bertz CT molecular complexity index is 1000. The van der Waals surface area contributed by atoms with Crippen molar-refractivity contribution in [3.63, 3.8) is 0 Å². The molecule has 0 radical (unpaired) electrons. The second kappa shape index (κ2) is 9.07. The highest BCUT2D eigenvalue weighted by molar-refractivity contribution is 5.78. The lowest BCUT2D eigenvalue weighted by atomic mass is 10.0. The number of carbonyl (C=O) groups is 1. The van der Waals surface area contributed by atoms with Crippen molar-refractivity contribution < 1.29 is 22.7 Å². The van der Waals surface area contributed by atoms with Gasteiger partial charge < -0.3 is 14.1 Å². The van der Waals surface area contributed by atoms with Gasteiger partial charge in [-0.1, -0.05) is 12.1 Å². The number of aromatic nitrogens is 1. The summed E-state index contributed by atoms with van der Waals surface area (Å²) >= 11 is 0. The minimum Gasteiger partial charge on any atom is -0.484 e. The van der Waals surface area contributed by atoms with Crippen LogP contribution in [-0.4, -0.2) is 28.9 Å². The zero-order valence-corrected chi connectivity index (χ0v) is 16.4. The fraction of sp³-hybridized carbons (Fsp3) is 0.304. The fourth-order valence-electron chi connectivity index (χ4n) is 3.65. The Hall–Kier alpha value is -3.22. The van der Waals surface area contributed by atoms with Crippen molar-refractivity contribution in [3.8, 4) is 5.75 Å². The third-order valence-electron chi connectivity index (χ3n) is 5.12. The van der Waals surface area contributed by atoms with E-state index in [1.165, 1.54) is 36.4 Å². The van der Waals surface area contributed by atoms with Crippen molar-refractivity contribution in [2.45, 2.75) is 31.7 Å². The van der Waals surface area contributed by atoms with Gasteiger partial charge in [-0.2, -0.15) is 0 Å². The van der Waals surface area contributed by atoms with E-state index < -0.39 is 0 Å². The maximum absolute atomic E-state index is 13.4. The van der Waals surface area contributed by atoms with Crippen LogP contribution in [0.15, 0.2) is 59.1 Å². The van der Waals surface area contributed by atoms with Gasteiger partial charge in [0, 0.05) is 13.0 Å². The van der Waals surface area contributed by atoms with Crippen molar-refractivity contribution in [2.75, 3.05) is 13.2 Å². The molecule has 2 aromatic carbocycles. The van der Waals surface area contributed by atoms with Gasteiger partial charge in [-0.15, -0.1) is 0 Å². The number of likely N-dealkylation sites (tertiary alicyclic amines) is 1. The van der Waals surface area contributed by atoms with Gasteiger partial charge in [0.1, 0.15) is 29.2 Å². The van der Waals surface area contributed by atoms with Gasteiger partial charge in [0.2, 0.25) is 5.89 Å². The SMILES string of the molecule is O=C(COc1ccc(F)cc1)N1CCCC[C@@H]1c1ncc(Cc2cccc(F)c2)o1. The quantitative estimate of drug-likeness (QED) is 0.590. The summed E-state index contributed by atoms with van der Waals surface area (Å²) in [6.07, 6.45) is 4.68. The molecule has 0 bridgehead atoms. The van der Waals surface area contributed by atoms with E-state index in [-0.39, 0.29) is 30.2 Å². The Morgan fingerprint density at radius 1 is 1.13 bits per heavy atom. The highest BCUT2D eigenvalue weighted by atomic mass is 19.1. The van der Waals surface area contributed by atoms with Crippen LogP contribution in [0.5, 0.6) is 5.75 Å². The van der Waals surface area contributed by atoms with Gasteiger partial charge in [-0.25, -0.2) is 13.8 Å². The van der Waals surface area contributed by atoms with E-state index in [1.54, 1.807) is 17.2 Å². The molecule has 1 aliphatic rings. The van der Waals surface area contributed by atoms with Crippen LogP contribution in [-0.2, 0) is 11.2 Å². The van der Waals surface area contributed by atoms with E-state index in [1.807, 2.05) is 6.07 Å². The molecule has 0 aliphatic carbocycles. The largest absolute Gasteiger partial charge is 0.484 e. The molecule has 5 nitrogen and oxygen atoms in total. The van der Waals surface area contributed by atoms with Crippen LogP contribution in [0.1, 0.15) is 42.5 Å². The van der Waals surface area contributed by atoms with Gasteiger partial charge in [-0.05, 0) is 61.2 Å². The van der Waals surface area contributed by atoms with Crippen molar-refractivity contribution in [3.05, 3.63) is 83.6 Å². The highest BCUT2D eigenvalue weighted by Crippen LogP contribution is 2.31. The summed E-state index contributed by atoms with van der Waals surface area (Å²) in [5.74, 6) is 0.716. The molecule has 1 amide bonds. The number of nitrogens with zero attached hydrogens (tertiary/aromatic N) is 2. The molecule has 156 valence electrons. The van der Waals surface area contributed by atoms with E-state index in [0.717, 1.165) is 24.8 Å². The van der Waals surface area contributed by atoms with Crippen LogP contribution < -0.4 is 4.74 Å². The molecule has 30 heavy (non-hydrogen) atoms. The number of ether oxygens (including phenoxy) is 1. The summed E-state index contributed by atoms with van der Waals surface area (Å²) in [5.41, 5.74) is 0.793. The summed E-state index contributed by atoms with van der Waals surface area (Å²) in [4.78, 5) is 18.9. The molecule has 1 saturated heterocycles. The summed E-state index contributed by atoms with van der Waals surface area (Å²) in [7, 11) is 0. The number of benzene rings is 2. The Balaban J connectivity index is 1.42. The Kier molecular flexibility index (Phi) is 6.07. The second-order valence-electron chi connectivity index (χ2n) is 7.31. The lowest BCUT2D eigenvalue weighted by Crippen LogP contribution is -2.41. The lowest BCUT2D eigenvalue weighted by Gasteiger charge is -2.33. The van der Waals surface area contributed by atoms with Crippen molar-refractivity contribution in [2.24, 2.45) is 0 Å². The van der Waals surface area contributed by atoms with Crippen LogP contribution in [0.25, 0.3) is 0 Å². The number of hydrogen-bond donors (Lipinski definition) is 0. The van der Waals surface area contributed by atoms with Gasteiger partial charge in [0.15, 0.2) is 6.61 Å². The minimum atomic E-state index is -0.359. The molecule has 1 aromatic heterocycles. The van der Waals surface area contributed by atoms with E-state index in [0.29, 0.717) is 30.4 Å². The first-order valence-corrected chi connectivity index (χ1v) is 9.95. The predicted octanol–water partition coefficient (Wildman–Crippen LogP) is 4.68. The van der Waals surface area contributed by atoms with E-state index in [4.69, 9.17) is 9.15 Å². The van der Waals surface area contributed by atoms with Crippen LogP contribution in [0, 0.1) is 11.6 Å². The molecule has 0 unspecified atom stereocenters. The van der Waals surface area contributed by atoms with Crippen molar-refractivity contribution in [1.29, 1.82) is 0 Å². The van der Waals surface area contributed by atoms with Gasteiger partial charge in [0.05, 0.1) is 6.20 Å². The molecule has 1 atom stereocenters. The van der Waals surface area contributed by atoms with E-state index >= 15 is 0 Å². The number of oxazole rings is 1. The Morgan fingerprint density at radius 2 is 1.97 bits per heavy atom. The first-order chi connectivity index (χ1) is 14.6. The topological polar surface area (TPSA) is 55.6 Å². The van der Waals surface area contributed by atoms with Crippen molar-refractivity contribution >= 4 is 5.91 Å².